The Bertz CT molecular complexity index is 631. The van der Waals surface area contributed by atoms with E-state index in [1.165, 1.54) is 25.1 Å². The summed E-state index contributed by atoms with van der Waals surface area (Å²) in [4.78, 5) is 44.9. The molecule has 24 heavy (non-hydrogen) atoms. The summed E-state index contributed by atoms with van der Waals surface area (Å²) in [5.74, 6) is -1.56. The number of carbonyl (C=O) groups excluding carboxylic acids is 3. The van der Waals surface area contributed by atoms with Gasteiger partial charge < -0.3 is 15.4 Å². The van der Waals surface area contributed by atoms with Gasteiger partial charge >= 0.3 is 5.97 Å². The summed E-state index contributed by atoms with van der Waals surface area (Å²) in [6.45, 7) is 3.05. The summed E-state index contributed by atoms with van der Waals surface area (Å²) in [5.41, 5.74) is 0.348. The minimum Gasteiger partial charge on any atom is -0.465 e. The van der Waals surface area contributed by atoms with Crippen LogP contribution in [-0.4, -0.2) is 41.9 Å². The molecular weight excluding hydrogens is 318 g/mol. The van der Waals surface area contributed by atoms with Gasteiger partial charge in [0.05, 0.1) is 18.0 Å². The molecule has 0 aliphatic heterocycles. The molecule has 0 fully saturated rings. The predicted molar refractivity (Wildman–Crippen MR) is 84.0 cm³/mol. The summed E-state index contributed by atoms with van der Waals surface area (Å²) in [7, 11) is 0. The van der Waals surface area contributed by atoms with Crippen molar-refractivity contribution in [2.24, 2.45) is 0 Å². The molecule has 0 aliphatic carbocycles. The van der Waals surface area contributed by atoms with Crippen molar-refractivity contribution in [1.29, 1.82) is 0 Å². The number of non-ortho nitro benzene ring substituents is 1. The van der Waals surface area contributed by atoms with Crippen molar-refractivity contribution in [3.63, 3.8) is 0 Å². The first-order valence-electron chi connectivity index (χ1n) is 7.29. The third kappa shape index (κ3) is 6.42. The lowest BCUT2D eigenvalue weighted by molar-refractivity contribution is -0.384. The molecule has 130 valence electrons. The molecule has 9 nitrogen and oxygen atoms in total. The number of hydrogen-bond donors (Lipinski definition) is 2. The van der Waals surface area contributed by atoms with E-state index in [1.54, 1.807) is 13.0 Å². The van der Waals surface area contributed by atoms with Gasteiger partial charge in [-0.1, -0.05) is 12.1 Å². The largest absolute Gasteiger partial charge is 0.465 e. The molecule has 0 aromatic heterocycles. The number of amides is 2. The highest BCUT2D eigenvalue weighted by atomic mass is 16.6. The molecule has 0 saturated carbocycles. The highest BCUT2D eigenvalue weighted by Gasteiger charge is 2.17. The van der Waals surface area contributed by atoms with E-state index in [-0.39, 0.29) is 25.3 Å². The molecule has 0 spiro atoms. The van der Waals surface area contributed by atoms with E-state index in [0.29, 0.717) is 5.56 Å². The summed E-state index contributed by atoms with van der Waals surface area (Å²) in [6, 6.07) is 4.83. The molecule has 2 amide bonds. The topological polar surface area (TPSA) is 128 Å². The normalized spacial score (nSPS) is 11.2. The van der Waals surface area contributed by atoms with Crippen LogP contribution in [0.5, 0.6) is 0 Å². The summed E-state index contributed by atoms with van der Waals surface area (Å²) >= 11 is 0. The van der Waals surface area contributed by atoms with Crippen LogP contribution in [0.4, 0.5) is 5.69 Å². The molecule has 1 atom stereocenters. The van der Waals surface area contributed by atoms with Gasteiger partial charge in [-0.15, -0.1) is 0 Å². The highest BCUT2D eigenvalue weighted by Crippen LogP contribution is 2.13. The third-order valence-corrected chi connectivity index (χ3v) is 2.97. The van der Waals surface area contributed by atoms with Gasteiger partial charge in [-0.3, -0.25) is 24.5 Å². The number of nitrogens with one attached hydrogen (secondary N) is 2. The summed E-state index contributed by atoms with van der Waals surface area (Å²) < 4.78 is 4.67. The van der Waals surface area contributed by atoms with Crippen LogP contribution in [0.1, 0.15) is 19.4 Å². The second kappa shape index (κ2) is 9.23. The SMILES string of the molecule is CCOC(=O)CNC(=O)[C@H](C)NC(=O)Cc1cccc([N+](=O)[O-])c1. The van der Waals surface area contributed by atoms with Gasteiger partial charge in [0.1, 0.15) is 12.6 Å². The van der Waals surface area contributed by atoms with Crippen LogP contribution < -0.4 is 10.6 Å². The molecule has 0 radical (unpaired) electrons. The molecule has 1 rings (SSSR count). The Balaban J connectivity index is 2.49. The second-order valence-corrected chi connectivity index (χ2v) is 4.92. The fourth-order valence-electron chi connectivity index (χ4n) is 1.85. The number of nitrogens with zero attached hydrogens (tertiary/aromatic N) is 1. The monoisotopic (exact) mass is 337 g/mol. The number of hydrogen-bond acceptors (Lipinski definition) is 6. The smallest absolute Gasteiger partial charge is 0.325 e. The van der Waals surface area contributed by atoms with Crippen LogP contribution >= 0.6 is 0 Å². The van der Waals surface area contributed by atoms with Crippen LogP contribution in [0.15, 0.2) is 24.3 Å². The quantitative estimate of drug-likeness (QED) is 0.399. The second-order valence-electron chi connectivity index (χ2n) is 4.92. The van der Waals surface area contributed by atoms with Crippen molar-refractivity contribution in [2.45, 2.75) is 26.3 Å². The molecule has 0 aliphatic rings. The Morgan fingerprint density at radius 2 is 2.04 bits per heavy atom. The maximum absolute atomic E-state index is 11.9. The average Bonchev–Trinajstić information content (AvgIpc) is 2.52. The fourth-order valence-corrected chi connectivity index (χ4v) is 1.85. The molecule has 0 heterocycles. The summed E-state index contributed by atoms with van der Waals surface area (Å²) in [6.07, 6.45) is -0.100. The molecule has 0 unspecified atom stereocenters. The molecule has 9 heteroatoms. The van der Waals surface area contributed by atoms with Gasteiger partial charge in [0, 0.05) is 12.1 Å². The number of nitro groups is 1. The number of ether oxygens (including phenoxy) is 1. The minimum atomic E-state index is -0.856. The van der Waals surface area contributed by atoms with Crippen molar-refractivity contribution in [3.05, 3.63) is 39.9 Å². The van der Waals surface area contributed by atoms with E-state index >= 15 is 0 Å². The minimum absolute atomic E-state index is 0.100. The van der Waals surface area contributed by atoms with E-state index < -0.39 is 28.7 Å². The Morgan fingerprint density at radius 3 is 2.67 bits per heavy atom. The zero-order chi connectivity index (χ0) is 18.1. The first-order valence-corrected chi connectivity index (χ1v) is 7.29. The zero-order valence-electron chi connectivity index (χ0n) is 13.4. The zero-order valence-corrected chi connectivity index (χ0v) is 13.4. The van der Waals surface area contributed by atoms with Crippen molar-refractivity contribution in [1.82, 2.24) is 10.6 Å². The Kier molecular flexibility index (Phi) is 7.34. The van der Waals surface area contributed by atoms with Crippen LogP contribution in [0.25, 0.3) is 0 Å². The van der Waals surface area contributed by atoms with Crippen molar-refractivity contribution in [3.8, 4) is 0 Å². The van der Waals surface area contributed by atoms with Gasteiger partial charge in [0.15, 0.2) is 0 Å². The van der Waals surface area contributed by atoms with Crippen LogP contribution in [0.3, 0.4) is 0 Å². The van der Waals surface area contributed by atoms with Crippen molar-refractivity contribution >= 4 is 23.5 Å². The predicted octanol–water partition coefficient (Wildman–Crippen LogP) is 0.321. The Morgan fingerprint density at radius 1 is 1.33 bits per heavy atom. The highest BCUT2D eigenvalue weighted by molar-refractivity contribution is 5.89. The van der Waals surface area contributed by atoms with Crippen LogP contribution in [0.2, 0.25) is 0 Å². The first-order chi connectivity index (χ1) is 11.3. The molecule has 1 aromatic carbocycles. The standard InChI is InChI=1S/C15H19N3O6/c1-3-24-14(20)9-16-15(21)10(2)17-13(19)8-11-5-4-6-12(7-11)18(22)23/h4-7,10H,3,8-9H2,1-2H3,(H,16,21)(H,17,19)/t10-/m0/s1. The van der Waals surface area contributed by atoms with E-state index in [1.807, 2.05) is 0 Å². The van der Waals surface area contributed by atoms with Crippen LogP contribution in [-0.2, 0) is 25.5 Å². The first kappa shape index (κ1) is 19.1. The van der Waals surface area contributed by atoms with E-state index in [2.05, 4.69) is 15.4 Å². The number of esters is 1. The van der Waals surface area contributed by atoms with Gasteiger partial charge in [0.2, 0.25) is 11.8 Å². The lowest BCUT2D eigenvalue weighted by atomic mass is 10.1. The van der Waals surface area contributed by atoms with Gasteiger partial charge in [0.25, 0.3) is 5.69 Å². The maximum atomic E-state index is 11.9. The number of benzene rings is 1. The van der Waals surface area contributed by atoms with Gasteiger partial charge in [-0.2, -0.15) is 0 Å². The number of carbonyl (C=O) groups is 3. The van der Waals surface area contributed by atoms with E-state index in [9.17, 15) is 24.5 Å². The molecule has 0 saturated heterocycles. The van der Waals surface area contributed by atoms with E-state index in [4.69, 9.17) is 0 Å². The van der Waals surface area contributed by atoms with Crippen molar-refractivity contribution in [2.75, 3.05) is 13.2 Å². The molecule has 0 bridgehead atoms. The fraction of sp³-hybridized carbons (Fsp3) is 0.400. The van der Waals surface area contributed by atoms with Crippen LogP contribution in [0, 0.1) is 10.1 Å². The number of rotatable bonds is 8. The third-order valence-electron chi connectivity index (χ3n) is 2.97. The Labute approximate surface area is 138 Å². The molecular formula is C15H19N3O6. The van der Waals surface area contributed by atoms with Gasteiger partial charge in [-0.05, 0) is 19.4 Å². The molecule has 2 N–H and O–H groups in total. The Hall–Kier alpha value is -2.97. The molecule has 1 aromatic rings. The summed E-state index contributed by atoms with van der Waals surface area (Å²) in [5, 5.41) is 15.5. The lowest BCUT2D eigenvalue weighted by Crippen LogP contribution is -2.46. The average molecular weight is 337 g/mol. The maximum Gasteiger partial charge on any atom is 0.325 e. The lowest BCUT2D eigenvalue weighted by Gasteiger charge is -2.13. The van der Waals surface area contributed by atoms with Crippen molar-refractivity contribution < 1.29 is 24.0 Å². The van der Waals surface area contributed by atoms with E-state index in [0.717, 1.165) is 0 Å². The van der Waals surface area contributed by atoms with Gasteiger partial charge in [-0.25, -0.2) is 0 Å². The number of nitro benzene ring substituents is 1.